The molecule has 2 fully saturated rings. The van der Waals surface area contributed by atoms with Crippen LogP contribution in [0, 0.1) is 5.92 Å². The van der Waals surface area contributed by atoms with E-state index in [4.69, 9.17) is 10.5 Å². The van der Waals surface area contributed by atoms with Gasteiger partial charge in [-0.3, -0.25) is 9.59 Å². The van der Waals surface area contributed by atoms with Gasteiger partial charge in [0.05, 0.1) is 5.92 Å². The zero-order chi connectivity index (χ0) is 19.4. The van der Waals surface area contributed by atoms with Gasteiger partial charge in [0, 0.05) is 18.6 Å². The Morgan fingerprint density at radius 2 is 1.96 bits per heavy atom. The maximum absolute atomic E-state index is 12.7. The summed E-state index contributed by atoms with van der Waals surface area (Å²) in [7, 11) is 0. The van der Waals surface area contributed by atoms with Crippen molar-refractivity contribution in [1.82, 2.24) is 10.2 Å². The van der Waals surface area contributed by atoms with E-state index in [9.17, 15) is 19.5 Å². The van der Waals surface area contributed by atoms with E-state index >= 15 is 0 Å². The zero-order valence-corrected chi connectivity index (χ0v) is 15.0. The number of hydrogen-bond acceptors (Lipinski definition) is 5. The third-order valence-electron chi connectivity index (χ3n) is 5.32. The Morgan fingerprint density at radius 1 is 1.22 bits per heavy atom. The topological polar surface area (TPSA) is 122 Å². The number of nitrogens with one attached hydrogen (secondary N) is 1. The highest BCUT2D eigenvalue weighted by Gasteiger charge is 2.44. The molecule has 0 aromatic heterocycles. The number of likely N-dealkylation sites (tertiary alicyclic amines) is 1. The van der Waals surface area contributed by atoms with Crippen molar-refractivity contribution in [3.05, 3.63) is 35.9 Å². The Morgan fingerprint density at radius 3 is 2.67 bits per heavy atom. The summed E-state index contributed by atoms with van der Waals surface area (Å²) < 4.78 is 5.16. The lowest BCUT2D eigenvalue weighted by atomic mass is 9.81. The van der Waals surface area contributed by atoms with Crippen molar-refractivity contribution in [2.24, 2.45) is 11.7 Å². The average Bonchev–Trinajstić information content (AvgIpc) is 3.01. The molecule has 3 rings (SSSR count). The molecule has 1 aromatic rings. The number of aliphatic carboxylic acids is 1. The number of benzene rings is 1. The molecule has 1 saturated carbocycles. The first-order valence-corrected chi connectivity index (χ1v) is 9.21. The summed E-state index contributed by atoms with van der Waals surface area (Å²) in [5.74, 6) is -1.85. The number of carbonyl (C=O) groups excluding carboxylic acids is 2. The van der Waals surface area contributed by atoms with Crippen LogP contribution < -0.4 is 11.1 Å². The van der Waals surface area contributed by atoms with Gasteiger partial charge in [0.15, 0.2) is 0 Å². The average molecular weight is 375 g/mol. The molecule has 1 aliphatic carbocycles. The van der Waals surface area contributed by atoms with Crippen LogP contribution in [0.4, 0.5) is 4.79 Å². The van der Waals surface area contributed by atoms with Crippen LogP contribution in [-0.4, -0.2) is 52.6 Å². The van der Waals surface area contributed by atoms with Crippen molar-refractivity contribution in [2.75, 3.05) is 6.54 Å². The van der Waals surface area contributed by atoms with E-state index in [1.165, 1.54) is 0 Å². The maximum atomic E-state index is 12.7. The Hall–Kier alpha value is -2.61. The summed E-state index contributed by atoms with van der Waals surface area (Å²) >= 11 is 0. The molecule has 1 unspecified atom stereocenters. The maximum Gasteiger partial charge on any atom is 0.408 e. The Kier molecular flexibility index (Phi) is 5.95. The zero-order valence-electron chi connectivity index (χ0n) is 15.0. The first-order valence-electron chi connectivity index (χ1n) is 9.21. The standard InChI is InChI=1S/C19H25N3O5/c20-13-6-7-16(14(10-13)18(24)25)22-9-8-15(17(22)23)21-19(26)27-11-12-4-2-1-3-5-12/h1-5,13-16H,6-11,20H2,(H,21,26)(H,24,25)/t13-,14-,15?,16+/m1/s1. The third-order valence-corrected chi connectivity index (χ3v) is 5.32. The highest BCUT2D eigenvalue weighted by atomic mass is 16.5. The van der Waals surface area contributed by atoms with Gasteiger partial charge in [-0.15, -0.1) is 0 Å². The number of amides is 2. The smallest absolute Gasteiger partial charge is 0.408 e. The second-order valence-electron chi connectivity index (χ2n) is 7.16. The lowest BCUT2D eigenvalue weighted by Crippen LogP contribution is -2.52. The highest BCUT2D eigenvalue weighted by Crippen LogP contribution is 2.31. The summed E-state index contributed by atoms with van der Waals surface area (Å²) in [6.07, 6.45) is 1.40. The number of carboxylic acid groups (broad SMARTS) is 1. The number of ether oxygens (including phenoxy) is 1. The fourth-order valence-corrected chi connectivity index (χ4v) is 3.90. The van der Waals surface area contributed by atoms with Gasteiger partial charge in [-0.25, -0.2) is 4.79 Å². The van der Waals surface area contributed by atoms with Crippen LogP contribution in [0.15, 0.2) is 30.3 Å². The molecule has 4 atom stereocenters. The SMILES string of the molecule is N[C@@H]1CC[C@H](N2CCC(NC(=O)OCc3ccccc3)C2=O)[C@H](C(=O)O)C1. The van der Waals surface area contributed by atoms with Gasteiger partial charge in [0.2, 0.25) is 5.91 Å². The van der Waals surface area contributed by atoms with Crippen LogP contribution in [0.1, 0.15) is 31.2 Å². The van der Waals surface area contributed by atoms with Gasteiger partial charge in [-0.2, -0.15) is 0 Å². The molecule has 8 nitrogen and oxygen atoms in total. The molecule has 0 spiro atoms. The van der Waals surface area contributed by atoms with Crippen molar-refractivity contribution >= 4 is 18.0 Å². The minimum absolute atomic E-state index is 0.124. The molecule has 1 aliphatic heterocycles. The first-order chi connectivity index (χ1) is 13.0. The molecule has 1 heterocycles. The number of rotatable bonds is 5. The van der Waals surface area contributed by atoms with Crippen LogP contribution in [-0.2, 0) is 20.9 Å². The summed E-state index contributed by atoms with van der Waals surface area (Å²) in [5.41, 5.74) is 6.75. The molecule has 4 N–H and O–H groups in total. The lowest BCUT2D eigenvalue weighted by Gasteiger charge is -2.38. The molecule has 8 heteroatoms. The Labute approximate surface area is 157 Å². The number of nitrogens with two attached hydrogens (primary N) is 1. The number of alkyl carbamates (subject to hydrolysis) is 1. The second-order valence-corrected chi connectivity index (χ2v) is 7.16. The molecule has 27 heavy (non-hydrogen) atoms. The number of carbonyl (C=O) groups is 3. The molecule has 2 aliphatic rings. The van der Waals surface area contributed by atoms with E-state index in [-0.39, 0.29) is 24.6 Å². The van der Waals surface area contributed by atoms with Crippen molar-refractivity contribution in [3.8, 4) is 0 Å². The molecule has 0 bridgehead atoms. The van der Waals surface area contributed by atoms with Crippen LogP contribution in [0.3, 0.4) is 0 Å². The second kappa shape index (κ2) is 8.39. The summed E-state index contributed by atoms with van der Waals surface area (Å²) in [4.78, 5) is 37.9. The summed E-state index contributed by atoms with van der Waals surface area (Å²) in [5, 5.41) is 12.1. The number of carboxylic acids is 1. The van der Waals surface area contributed by atoms with Gasteiger partial charge < -0.3 is 25.8 Å². The molecule has 1 aromatic carbocycles. The van der Waals surface area contributed by atoms with Gasteiger partial charge >= 0.3 is 12.1 Å². The van der Waals surface area contributed by atoms with Crippen LogP contribution >= 0.6 is 0 Å². The Bertz CT molecular complexity index is 696. The minimum Gasteiger partial charge on any atom is -0.481 e. The molecular weight excluding hydrogens is 350 g/mol. The van der Waals surface area contributed by atoms with Gasteiger partial charge in [-0.1, -0.05) is 30.3 Å². The quantitative estimate of drug-likeness (QED) is 0.708. The van der Waals surface area contributed by atoms with E-state index in [2.05, 4.69) is 5.32 Å². The minimum atomic E-state index is -0.929. The van der Waals surface area contributed by atoms with Gasteiger partial charge in [0.1, 0.15) is 12.6 Å². The predicted molar refractivity (Wildman–Crippen MR) is 96.6 cm³/mol. The monoisotopic (exact) mass is 375 g/mol. The largest absolute Gasteiger partial charge is 0.481 e. The van der Waals surface area contributed by atoms with E-state index in [0.717, 1.165) is 5.56 Å². The van der Waals surface area contributed by atoms with Gasteiger partial charge in [-0.05, 0) is 31.2 Å². The van der Waals surface area contributed by atoms with E-state index in [0.29, 0.717) is 32.2 Å². The van der Waals surface area contributed by atoms with Crippen molar-refractivity contribution in [3.63, 3.8) is 0 Å². The summed E-state index contributed by atoms with van der Waals surface area (Å²) in [6.45, 7) is 0.547. The fourth-order valence-electron chi connectivity index (χ4n) is 3.90. The summed E-state index contributed by atoms with van der Waals surface area (Å²) in [6, 6.07) is 8.05. The van der Waals surface area contributed by atoms with Crippen LogP contribution in [0.5, 0.6) is 0 Å². The van der Waals surface area contributed by atoms with Crippen LogP contribution in [0.2, 0.25) is 0 Å². The van der Waals surface area contributed by atoms with Crippen molar-refractivity contribution in [1.29, 1.82) is 0 Å². The van der Waals surface area contributed by atoms with Crippen molar-refractivity contribution < 1.29 is 24.2 Å². The van der Waals surface area contributed by atoms with Crippen LogP contribution in [0.25, 0.3) is 0 Å². The highest BCUT2D eigenvalue weighted by molar-refractivity contribution is 5.88. The third kappa shape index (κ3) is 4.57. The van der Waals surface area contributed by atoms with E-state index in [1.807, 2.05) is 30.3 Å². The van der Waals surface area contributed by atoms with E-state index in [1.54, 1.807) is 4.90 Å². The Balaban J connectivity index is 1.54. The molecule has 146 valence electrons. The molecule has 2 amide bonds. The molecule has 1 saturated heterocycles. The normalized spacial score (nSPS) is 28.0. The number of hydrogen-bond donors (Lipinski definition) is 3. The first kappa shape index (κ1) is 19.2. The number of nitrogens with zero attached hydrogens (tertiary/aromatic N) is 1. The van der Waals surface area contributed by atoms with Gasteiger partial charge in [0.25, 0.3) is 0 Å². The molecule has 0 radical (unpaired) electrons. The predicted octanol–water partition coefficient (Wildman–Crippen LogP) is 1.09. The van der Waals surface area contributed by atoms with Crippen molar-refractivity contribution in [2.45, 2.75) is 50.4 Å². The lowest BCUT2D eigenvalue weighted by molar-refractivity contribution is -0.148. The fraction of sp³-hybridized carbons (Fsp3) is 0.526. The molecular formula is C19H25N3O5. The van der Waals surface area contributed by atoms with E-state index < -0.39 is 24.0 Å².